The molecule has 1 atom stereocenters. The minimum atomic E-state index is -4.31. The predicted molar refractivity (Wildman–Crippen MR) is 183 cm³/mol. The fraction of sp³-hybridized carbons (Fsp3) is 0.257. The Balaban J connectivity index is 1.82. The fourth-order valence-corrected chi connectivity index (χ4v) is 6.82. The smallest absolute Gasteiger partial charge is 0.264 e. The zero-order valence-corrected chi connectivity index (χ0v) is 28.1. The highest BCUT2D eigenvalue weighted by Crippen LogP contribution is 2.33. The minimum absolute atomic E-state index is 0.0111. The topological polar surface area (TPSA) is 96.0 Å². The van der Waals surface area contributed by atoms with E-state index >= 15 is 0 Å². The first-order valence-corrected chi connectivity index (χ1v) is 17.1. The zero-order valence-electron chi connectivity index (χ0n) is 25.7. The van der Waals surface area contributed by atoms with Gasteiger partial charge in [-0.25, -0.2) is 8.42 Å². The zero-order chi connectivity index (χ0) is 33.1. The van der Waals surface area contributed by atoms with Gasteiger partial charge in [0, 0.05) is 24.5 Å². The molecule has 0 aliphatic rings. The van der Waals surface area contributed by atoms with Crippen LogP contribution in [0.25, 0.3) is 0 Å². The summed E-state index contributed by atoms with van der Waals surface area (Å²) >= 11 is 12.8. The average molecular weight is 683 g/mol. The molecule has 2 amide bonds. The van der Waals surface area contributed by atoms with Gasteiger partial charge in [-0.2, -0.15) is 0 Å². The van der Waals surface area contributed by atoms with Gasteiger partial charge < -0.3 is 15.0 Å². The van der Waals surface area contributed by atoms with Crippen molar-refractivity contribution in [1.82, 2.24) is 10.2 Å². The van der Waals surface area contributed by atoms with Crippen LogP contribution in [-0.4, -0.2) is 51.4 Å². The lowest BCUT2D eigenvalue weighted by molar-refractivity contribution is -0.140. The molecule has 0 saturated heterocycles. The number of sulfonamides is 1. The summed E-state index contributed by atoms with van der Waals surface area (Å²) < 4.78 is 34.6. The number of halogens is 2. The van der Waals surface area contributed by atoms with Crippen molar-refractivity contribution in [3.63, 3.8) is 0 Å². The quantitative estimate of drug-likeness (QED) is 0.140. The van der Waals surface area contributed by atoms with Crippen LogP contribution in [0.3, 0.4) is 0 Å². The molecule has 0 aliphatic heterocycles. The normalized spacial score (nSPS) is 11.8. The molecular formula is C35H37Cl2N3O5S. The molecule has 0 heterocycles. The van der Waals surface area contributed by atoms with E-state index < -0.39 is 28.5 Å². The first-order valence-electron chi connectivity index (χ1n) is 14.9. The Morgan fingerprint density at radius 3 is 2.22 bits per heavy atom. The number of amides is 2. The van der Waals surface area contributed by atoms with Crippen molar-refractivity contribution in [1.29, 1.82) is 0 Å². The van der Waals surface area contributed by atoms with Crippen LogP contribution in [0.4, 0.5) is 5.69 Å². The first kappa shape index (κ1) is 34.8. The van der Waals surface area contributed by atoms with E-state index in [1.165, 1.54) is 35.2 Å². The van der Waals surface area contributed by atoms with E-state index in [4.69, 9.17) is 27.9 Å². The highest BCUT2D eigenvalue weighted by Gasteiger charge is 2.35. The van der Waals surface area contributed by atoms with Crippen molar-refractivity contribution < 1.29 is 22.7 Å². The summed E-state index contributed by atoms with van der Waals surface area (Å²) in [5.74, 6) is -0.368. The number of hydrogen-bond donors (Lipinski definition) is 1. The van der Waals surface area contributed by atoms with Gasteiger partial charge in [0.15, 0.2) is 0 Å². The summed E-state index contributed by atoms with van der Waals surface area (Å²) in [6.07, 6.45) is 1.85. The van der Waals surface area contributed by atoms with E-state index in [2.05, 4.69) is 5.32 Å². The number of methoxy groups -OCH3 is 1. The average Bonchev–Trinajstić information content (AvgIpc) is 3.07. The first-order chi connectivity index (χ1) is 22.1. The molecule has 4 rings (SSSR count). The van der Waals surface area contributed by atoms with E-state index in [9.17, 15) is 18.0 Å². The van der Waals surface area contributed by atoms with Gasteiger partial charge in [0.2, 0.25) is 11.8 Å². The van der Waals surface area contributed by atoms with E-state index in [0.717, 1.165) is 22.7 Å². The van der Waals surface area contributed by atoms with E-state index in [1.54, 1.807) is 43.5 Å². The molecule has 0 spiro atoms. The van der Waals surface area contributed by atoms with Crippen LogP contribution in [0, 0.1) is 0 Å². The SMILES string of the molecule is CCCCNC(=O)[C@@H](Cc1ccccc1)N(Cc1cccc(OC)c1)C(=O)CN(c1cc(Cl)ccc1Cl)S(=O)(=O)c1ccccc1. The van der Waals surface area contributed by atoms with E-state index in [1.807, 2.05) is 43.3 Å². The summed E-state index contributed by atoms with van der Waals surface area (Å²) in [5.41, 5.74) is 1.58. The van der Waals surface area contributed by atoms with Gasteiger partial charge in [-0.1, -0.05) is 97.2 Å². The van der Waals surface area contributed by atoms with E-state index in [-0.39, 0.29) is 39.5 Å². The van der Waals surface area contributed by atoms with Gasteiger partial charge >= 0.3 is 0 Å². The number of anilines is 1. The molecule has 1 N–H and O–H groups in total. The number of ether oxygens (including phenoxy) is 1. The van der Waals surface area contributed by atoms with E-state index in [0.29, 0.717) is 17.9 Å². The van der Waals surface area contributed by atoms with Crippen molar-refractivity contribution in [3.05, 3.63) is 124 Å². The summed E-state index contributed by atoms with van der Waals surface area (Å²) in [7, 11) is -2.76. The molecule has 0 saturated carbocycles. The van der Waals surface area contributed by atoms with Gasteiger partial charge in [-0.15, -0.1) is 0 Å². The lowest BCUT2D eigenvalue weighted by Crippen LogP contribution is -2.53. The largest absolute Gasteiger partial charge is 0.497 e. The third kappa shape index (κ3) is 9.02. The van der Waals surface area contributed by atoms with Crippen LogP contribution in [0.5, 0.6) is 5.75 Å². The molecule has 0 aliphatic carbocycles. The van der Waals surface area contributed by atoms with Crippen LogP contribution in [0.2, 0.25) is 10.0 Å². The third-order valence-electron chi connectivity index (χ3n) is 7.37. The van der Waals surface area contributed by atoms with Crippen LogP contribution in [0.1, 0.15) is 30.9 Å². The molecule has 0 bridgehead atoms. The van der Waals surface area contributed by atoms with Gasteiger partial charge in [-0.3, -0.25) is 13.9 Å². The molecule has 46 heavy (non-hydrogen) atoms. The van der Waals surface area contributed by atoms with Gasteiger partial charge in [0.05, 0.1) is 22.7 Å². The predicted octanol–water partition coefficient (Wildman–Crippen LogP) is 6.75. The summed E-state index contributed by atoms with van der Waals surface area (Å²) in [5, 5.41) is 3.31. The summed E-state index contributed by atoms with van der Waals surface area (Å²) in [6.45, 7) is 1.83. The number of nitrogens with one attached hydrogen (secondary N) is 1. The van der Waals surface area contributed by atoms with Crippen molar-refractivity contribution in [2.24, 2.45) is 0 Å². The molecule has 0 radical (unpaired) electrons. The Labute approximate surface area is 280 Å². The Bertz CT molecular complexity index is 1720. The Kier molecular flexibility index (Phi) is 12.5. The van der Waals surface area contributed by atoms with Crippen molar-refractivity contribution >= 4 is 50.7 Å². The van der Waals surface area contributed by atoms with Gasteiger partial charge in [0.1, 0.15) is 18.3 Å². The van der Waals surface area contributed by atoms with Gasteiger partial charge in [0.25, 0.3) is 10.0 Å². The second-order valence-electron chi connectivity index (χ2n) is 10.6. The Morgan fingerprint density at radius 2 is 1.54 bits per heavy atom. The van der Waals surface area contributed by atoms with Gasteiger partial charge in [-0.05, 0) is 60.0 Å². The Hall–Kier alpha value is -4.05. The number of hydrogen-bond acceptors (Lipinski definition) is 5. The summed E-state index contributed by atoms with van der Waals surface area (Å²) in [4.78, 5) is 29.8. The van der Waals surface area contributed by atoms with Crippen LogP contribution < -0.4 is 14.4 Å². The maximum Gasteiger partial charge on any atom is 0.264 e. The van der Waals surface area contributed by atoms with Crippen molar-refractivity contribution in [2.75, 3.05) is 24.5 Å². The second-order valence-corrected chi connectivity index (χ2v) is 13.3. The highest BCUT2D eigenvalue weighted by atomic mass is 35.5. The number of unbranched alkanes of at least 4 members (excludes halogenated alkanes) is 1. The monoisotopic (exact) mass is 681 g/mol. The maximum absolute atomic E-state index is 14.6. The van der Waals surface area contributed by atoms with Crippen LogP contribution >= 0.6 is 23.2 Å². The van der Waals surface area contributed by atoms with Crippen molar-refractivity contribution in [3.8, 4) is 5.75 Å². The Morgan fingerprint density at radius 1 is 0.870 bits per heavy atom. The molecule has 8 nitrogen and oxygen atoms in total. The minimum Gasteiger partial charge on any atom is -0.497 e. The molecule has 11 heteroatoms. The molecule has 4 aromatic carbocycles. The fourth-order valence-electron chi connectivity index (χ4n) is 4.94. The van der Waals surface area contributed by atoms with Crippen molar-refractivity contribution in [2.45, 2.75) is 43.7 Å². The van der Waals surface area contributed by atoms with Crippen LogP contribution in [-0.2, 0) is 32.6 Å². The molecule has 0 aromatic heterocycles. The number of rotatable bonds is 15. The highest BCUT2D eigenvalue weighted by molar-refractivity contribution is 7.92. The molecular weight excluding hydrogens is 645 g/mol. The lowest BCUT2D eigenvalue weighted by Gasteiger charge is -2.34. The number of benzene rings is 4. The van der Waals surface area contributed by atoms with Crippen LogP contribution in [0.15, 0.2) is 108 Å². The molecule has 4 aromatic rings. The molecule has 0 fully saturated rings. The molecule has 242 valence electrons. The number of carbonyl (C=O) groups excluding carboxylic acids is 2. The standard InChI is InChI=1S/C35H37Cl2N3O5S/c1-3-4-20-38-35(42)33(22-26-12-7-5-8-13-26)39(24-27-14-11-15-29(21-27)45-2)34(41)25-40(32-23-28(36)18-19-31(32)37)46(43,44)30-16-9-6-10-17-30/h5-19,21,23,33H,3-4,20,22,24-25H2,1-2H3,(H,38,42)/t33-/m1/s1. The molecule has 0 unspecified atom stereocenters. The lowest BCUT2D eigenvalue weighted by atomic mass is 10.0. The summed E-state index contributed by atoms with van der Waals surface area (Å²) in [6, 6.07) is 27.8. The maximum atomic E-state index is 14.6. The second kappa shape index (κ2) is 16.5. The number of carbonyl (C=O) groups is 2. The number of nitrogens with zero attached hydrogens (tertiary/aromatic N) is 2. The third-order valence-corrected chi connectivity index (χ3v) is 9.70.